The molecule has 0 heterocycles. The number of nitriles is 1. The first kappa shape index (κ1) is 22.9. The number of esters is 1. The van der Waals surface area contributed by atoms with Gasteiger partial charge in [0.15, 0.2) is 0 Å². The van der Waals surface area contributed by atoms with Crippen LogP contribution in [-0.2, 0) is 23.1 Å². The number of nitrogens with zero attached hydrogens (tertiary/aromatic N) is 1. The van der Waals surface area contributed by atoms with Gasteiger partial charge in [-0.05, 0) is 42.7 Å². The number of benzene rings is 2. The summed E-state index contributed by atoms with van der Waals surface area (Å²) >= 11 is 0. The van der Waals surface area contributed by atoms with Crippen molar-refractivity contribution >= 4 is 24.6 Å². The summed E-state index contributed by atoms with van der Waals surface area (Å²) in [5.41, 5.74) is 0. The summed E-state index contributed by atoms with van der Waals surface area (Å²) in [6.45, 7) is 2.24. The van der Waals surface area contributed by atoms with Gasteiger partial charge in [-0.15, -0.1) is 0 Å². The highest BCUT2D eigenvalue weighted by Crippen LogP contribution is 2.50. The maximum absolute atomic E-state index is 13.0. The average molecular weight is 419 g/mol. The molecule has 2 aromatic rings. The normalized spacial score (nSPS) is 12.8. The van der Waals surface area contributed by atoms with E-state index in [1.54, 1.807) is 19.1 Å². The molecule has 0 aliphatic carbocycles. The fourth-order valence-electron chi connectivity index (χ4n) is 2.60. The van der Waals surface area contributed by atoms with Crippen molar-refractivity contribution in [1.29, 1.82) is 5.26 Å². The molecule has 0 spiro atoms. The molecule has 156 valence electrons. The molecule has 7 nitrogen and oxygen atoms in total. The molecular weight excluding hydrogens is 393 g/mol. The predicted octanol–water partition coefficient (Wildman–Crippen LogP) is 5.40. The molecule has 0 saturated carbocycles. The summed E-state index contributed by atoms with van der Waals surface area (Å²) in [6.07, 6.45) is 2.39. The molecule has 8 heteroatoms. The van der Waals surface area contributed by atoms with E-state index < -0.39 is 7.82 Å². The Morgan fingerprint density at radius 2 is 1.79 bits per heavy atom. The van der Waals surface area contributed by atoms with E-state index in [0.717, 1.165) is 10.8 Å². The van der Waals surface area contributed by atoms with Crippen LogP contribution in [0.2, 0.25) is 0 Å². The van der Waals surface area contributed by atoms with Gasteiger partial charge in [0.25, 0.3) is 0 Å². The monoisotopic (exact) mass is 419 g/mol. The van der Waals surface area contributed by atoms with Gasteiger partial charge in [-0.1, -0.05) is 36.8 Å². The number of rotatable bonds is 13. The summed E-state index contributed by atoms with van der Waals surface area (Å²) < 4.78 is 34.1. The molecule has 0 saturated heterocycles. The highest BCUT2D eigenvalue weighted by Gasteiger charge is 2.28. The van der Waals surface area contributed by atoms with E-state index in [-0.39, 0.29) is 25.6 Å². The summed E-state index contributed by atoms with van der Waals surface area (Å²) in [4.78, 5) is 11.3. The second kappa shape index (κ2) is 12.2. The van der Waals surface area contributed by atoms with E-state index in [1.165, 1.54) is 0 Å². The van der Waals surface area contributed by atoms with Crippen molar-refractivity contribution in [2.24, 2.45) is 0 Å². The average Bonchev–Trinajstić information content (AvgIpc) is 2.71. The van der Waals surface area contributed by atoms with Gasteiger partial charge in [0.1, 0.15) is 5.75 Å². The number of phosphoric ester groups is 1. The Morgan fingerprint density at radius 3 is 2.55 bits per heavy atom. The molecule has 2 aromatic carbocycles. The number of carbonyl (C=O) groups is 1. The lowest BCUT2D eigenvalue weighted by molar-refractivity contribution is -0.143. The summed E-state index contributed by atoms with van der Waals surface area (Å²) in [6, 6.07) is 15.0. The van der Waals surface area contributed by atoms with Gasteiger partial charge in [0.05, 0.1) is 32.3 Å². The Kier molecular flexibility index (Phi) is 9.66. The minimum Gasteiger partial charge on any atom is -0.466 e. The van der Waals surface area contributed by atoms with Gasteiger partial charge in [-0.2, -0.15) is 5.26 Å². The topological polar surface area (TPSA) is 94.9 Å². The number of hydrogen-bond donors (Lipinski definition) is 0. The third-order valence-electron chi connectivity index (χ3n) is 3.98. The molecule has 29 heavy (non-hydrogen) atoms. The van der Waals surface area contributed by atoms with Crippen LogP contribution >= 0.6 is 7.82 Å². The zero-order valence-electron chi connectivity index (χ0n) is 16.5. The Labute approximate surface area is 171 Å². The molecule has 0 fully saturated rings. The zero-order chi connectivity index (χ0) is 21.0. The fourth-order valence-corrected chi connectivity index (χ4v) is 3.82. The molecule has 2 rings (SSSR count). The quantitative estimate of drug-likeness (QED) is 0.244. The van der Waals surface area contributed by atoms with Gasteiger partial charge >= 0.3 is 13.8 Å². The second-order valence-electron chi connectivity index (χ2n) is 6.24. The van der Waals surface area contributed by atoms with Crippen molar-refractivity contribution in [3.63, 3.8) is 0 Å². The van der Waals surface area contributed by atoms with E-state index in [2.05, 4.69) is 0 Å². The second-order valence-corrected chi connectivity index (χ2v) is 7.83. The lowest BCUT2D eigenvalue weighted by Crippen LogP contribution is -2.06. The lowest BCUT2D eigenvalue weighted by Gasteiger charge is -2.18. The SMILES string of the molecule is CCOC(=O)CCCCCOP(=O)(OCCC#N)Oc1ccc2ccccc2c1. The van der Waals surface area contributed by atoms with Crippen LogP contribution in [0, 0.1) is 11.3 Å². The maximum atomic E-state index is 13.0. The molecular formula is C21H26NO6P. The molecule has 0 N–H and O–H groups in total. The van der Waals surface area contributed by atoms with Crippen molar-refractivity contribution in [3.05, 3.63) is 42.5 Å². The number of fused-ring (bicyclic) bond motifs is 1. The van der Waals surface area contributed by atoms with Crippen molar-refractivity contribution in [2.45, 2.75) is 39.0 Å². The fraction of sp³-hybridized carbons (Fsp3) is 0.429. The summed E-state index contributed by atoms with van der Waals surface area (Å²) in [5, 5.41) is 10.7. The largest absolute Gasteiger partial charge is 0.530 e. The van der Waals surface area contributed by atoms with Crippen LogP contribution < -0.4 is 4.52 Å². The Balaban J connectivity index is 1.90. The molecule has 0 aromatic heterocycles. The number of unbranched alkanes of at least 4 members (excludes halogenated alkanes) is 2. The first-order chi connectivity index (χ1) is 14.1. The first-order valence-electron chi connectivity index (χ1n) is 9.66. The lowest BCUT2D eigenvalue weighted by atomic mass is 10.1. The molecule has 1 unspecified atom stereocenters. The molecule has 0 aliphatic rings. The molecule has 0 amide bonds. The van der Waals surface area contributed by atoms with E-state index in [1.807, 2.05) is 36.4 Å². The summed E-state index contributed by atoms with van der Waals surface area (Å²) in [7, 11) is -3.87. The van der Waals surface area contributed by atoms with Crippen molar-refractivity contribution in [1.82, 2.24) is 0 Å². The predicted molar refractivity (Wildman–Crippen MR) is 109 cm³/mol. The van der Waals surface area contributed by atoms with Crippen LogP contribution in [0.25, 0.3) is 10.8 Å². The number of hydrogen-bond acceptors (Lipinski definition) is 7. The Bertz CT molecular complexity index is 879. The minimum absolute atomic E-state index is 0.0514. The third-order valence-corrected chi connectivity index (χ3v) is 5.41. The number of phosphoric acid groups is 1. The van der Waals surface area contributed by atoms with Gasteiger partial charge in [0, 0.05) is 6.42 Å². The third kappa shape index (κ3) is 8.25. The van der Waals surface area contributed by atoms with Crippen LogP contribution in [0.15, 0.2) is 42.5 Å². The maximum Gasteiger partial charge on any atom is 0.530 e. The van der Waals surface area contributed by atoms with Crippen LogP contribution in [0.3, 0.4) is 0 Å². The number of ether oxygens (including phenoxy) is 1. The van der Waals surface area contributed by atoms with E-state index in [0.29, 0.717) is 38.0 Å². The minimum atomic E-state index is -3.87. The molecule has 0 radical (unpaired) electrons. The van der Waals surface area contributed by atoms with Crippen LogP contribution in [0.5, 0.6) is 5.75 Å². The molecule has 0 bridgehead atoms. The van der Waals surface area contributed by atoms with Crippen molar-refractivity contribution < 1.29 is 27.7 Å². The zero-order valence-corrected chi connectivity index (χ0v) is 17.4. The van der Waals surface area contributed by atoms with Gasteiger partial charge in [0.2, 0.25) is 0 Å². The van der Waals surface area contributed by atoms with Crippen LogP contribution in [0.4, 0.5) is 0 Å². The Morgan fingerprint density at radius 1 is 1.03 bits per heavy atom. The van der Waals surface area contributed by atoms with Crippen molar-refractivity contribution in [3.8, 4) is 11.8 Å². The van der Waals surface area contributed by atoms with Crippen LogP contribution in [0.1, 0.15) is 39.0 Å². The van der Waals surface area contributed by atoms with E-state index in [4.69, 9.17) is 23.6 Å². The van der Waals surface area contributed by atoms with Gasteiger partial charge in [-0.3, -0.25) is 13.8 Å². The highest BCUT2D eigenvalue weighted by molar-refractivity contribution is 7.48. The van der Waals surface area contributed by atoms with Gasteiger partial charge < -0.3 is 9.26 Å². The first-order valence-corrected chi connectivity index (χ1v) is 11.1. The standard InChI is InChI=1S/C21H26NO6P/c1-2-25-21(23)11-4-3-7-15-26-29(24,27-16-8-14-22)28-20-13-12-18-9-5-6-10-19(18)17-20/h5-6,9-10,12-13,17H,2-4,7-8,11,15-16H2,1H3. The Hall–Kier alpha value is -2.39. The highest BCUT2D eigenvalue weighted by atomic mass is 31.2. The van der Waals surface area contributed by atoms with Crippen molar-refractivity contribution in [2.75, 3.05) is 19.8 Å². The number of carbonyl (C=O) groups excluding carboxylic acids is 1. The molecule has 1 atom stereocenters. The summed E-state index contributed by atoms with van der Waals surface area (Å²) in [5.74, 6) is 0.143. The molecule has 0 aliphatic heterocycles. The van der Waals surface area contributed by atoms with E-state index in [9.17, 15) is 9.36 Å². The van der Waals surface area contributed by atoms with Crippen LogP contribution in [-0.4, -0.2) is 25.8 Å². The van der Waals surface area contributed by atoms with Gasteiger partial charge in [-0.25, -0.2) is 4.57 Å². The smallest absolute Gasteiger partial charge is 0.466 e. The van der Waals surface area contributed by atoms with E-state index >= 15 is 0 Å².